The number of phenols is 1. The molecule has 3 N–H and O–H groups in total. The zero-order valence-electron chi connectivity index (χ0n) is 14.2. The van der Waals surface area contributed by atoms with Crippen LogP contribution < -0.4 is 5.32 Å². The fraction of sp³-hybridized carbons (Fsp3) is 0.429. The van der Waals surface area contributed by atoms with Gasteiger partial charge in [0.05, 0.1) is 6.10 Å². The topological polar surface area (TPSA) is 52.5 Å². The fourth-order valence-electron chi connectivity index (χ4n) is 3.74. The molecular weight excluding hydrogens is 298 g/mol. The highest BCUT2D eigenvalue weighted by atomic mass is 16.3. The Morgan fingerprint density at radius 1 is 0.917 bits per heavy atom. The van der Waals surface area contributed by atoms with Crippen LogP contribution in [0.3, 0.4) is 0 Å². The number of hydrogen-bond acceptors (Lipinski definition) is 3. The Morgan fingerprint density at radius 3 is 2.17 bits per heavy atom. The number of aromatic hydroxyl groups is 1. The van der Waals surface area contributed by atoms with Gasteiger partial charge in [-0.15, -0.1) is 0 Å². The summed E-state index contributed by atoms with van der Waals surface area (Å²) in [6.45, 7) is 2.03. The van der Waals surface area contributed by atoms with Gasteiger partial charge in [-0.1, -0.05) is 42.5 Å². The average molecular weight is 325 g/mol. The van der Waals surface area contributed by atoms with Gasteiger partial charge in [-0.2, -0.15) is 0 Å². The lowest BCUT2D eigenvalue weighted by atomic mass is 9.81. The lowest BCUT2D eigenvalue weighted by molar-refractivity contribution is 0.124. The first-order valence-corrected chi connectivity index (χ1v) is 8.91. The van der Waals surface area contributed by atoms with Crippen molar-refractivity contribution in [3.8, 4) is 5.75 Å². The molecule has 0 heterocycles. The van der Waals surface area contributed by atoms with E-state index in [0.717, 1.165) is 18.4 Å². The van der Waals surface area contributed by atoms with Gasteiger partial charge in [-0.05, 0) is 61.8 Å². The summed E-state index contributed by atoms with van der Waals surface area (Å²) in [5.41, 5.74) is 2.29. The van der Waals surface area contributed by atoms with Crippen LogP contribution in [0, 0.1) is 0 Å². The van der Waals surface area contributed by atoms with Crippen molar-refractivity contribution in [2.24, 2.45) is 0 Å². The van der Waals surface area contributed by atoms with E-state index in [-0.39, 0.29) is 11.8 Å². The maximum atomic E-state index is 10.5. The number of aliphatic hydroxyl groups excluding tert-OH is 1. The van der Waals surface area contributed by atoms with Gasteiger partial charge in [0, 0.05) is 12.1 Å². The second kappa shape index (κ2) is 7.82. The van der Waals surface area contributed by atoms with Crippen molar-refractivity contribution in [3.05, 3.63) is 65.7 Å². The van der Waals surface area contributed by atoms with E-state index in [0.29, 0.717) is 12.0 Å². The Morgan fingerprint density at radius 2 is 1.54 bits per heavy atom. The highest BCUT2D eigenvalue weighted by molar-refractivity contribution is 5.28. The van der Waals surface area contributed by atoms with Crippen LogP contribution >= 0.6 is 0 Å². The Hall–Kier alpha value is -1.84. The Kier molecular flexibility index (Phi) is 5.54. The predicted octanol–water partition coefficient (Wildman–Crippen LogP) is 4.13. The SMILES string of the molecule is C[C@H](N[C@H]1CC[C@H](c2ccccc2)CC1)[C@@H](O)c1ccc(O)cc1. The molecule has 1 saturated carbocycles. The molecule has 1 aliphatic carbocycles. The maximum absolute atomic E-state index is 10.5. The molecule has 1 fully saturated rings. The molecule has 2 atom stereocenters. The van der Waals surface area contributed by atoms with E-state index in [4.69, 9.17) is 0 Å². The normalized spacial score (nSPS) is 23.6. The minimum atomic E-state index is -0.558. The molecular formula is C21H27NO2. The van der Waals surface area contributed by atoms with Crippen molar-refractivity contribution >= 4 is 0 Å². The molecule has 0 aliphatic heterocycles. The third-order valence-electron chi connectivity index (χ3n) is 5.20. The van der Waals surface area contributed by atoms with Crippen molar-refractivity contribution in [2.75, 3.05) is 0 Å². The summed E-state index contributed by atoms with van der Waals surface area (Å²) in [5.74, 6) is 0.896. The number of benzene rings is 2. The highest BCUT2D eigenvalue weighted by Crippen LogP contribution is 2.33. The third-order valence-corrected chi connectivity index (χ3v) is 5.20. The highest BCUT2D eigenvalue weighted by Gasteiger charge is 2.25. The summed E-state index contributed by atoms with van der Waals surface area (Å²) in [6, 6.07) is 18.0. The molecule has 3 heteroatoms. The van der Waals surface area contributed by atoms with E-state index in [9.17, 15) is 10.2 Å². The summed E-state index contributed by atoms with van der Waals surface area (Å²) in [5, 5.41) is 23.4. The molecule has 0 bridgehead atoms. The first kappa shape index (κ1) is 17.0. The summed E-state index contributed by atoms with van der Waals surface area (Å²) in [4.78, 5) is 0. The van der Waals surface area contributed by atoms with Gasteiger partial charge in [0.1, 0.15) is 5.75 Å². The minimum Gasteiger partial charge on any atom is -0.508 e. The Bertz CT molecular complexity index is 618. The molecule has 0 saturated heterocycles. The minimum absolute atomic E-state index is 0.00665. The van der Waals surface area contributed by atoms with Crippen LogP contribution in [-0.2, 0) is 0 Å². The van der Waals surface area contributed by atoms with Crippen molar-refractivity contribution < 1.29 is 10.2 Å². The Balaban J connectivity index is 1.51. The number of aliphatic hydroxyl groups is 1. The van der Waals surface area contributed by atoms with Crippen LogP contribution in [0.4, 0.5) is 0 Å². The zero-order valence-corrected chi connectivity index (χ0v) is 14.2. The van der Waals surface area contributed by atoms with E-state index in [1.807, 2.05) is 6.92 Å². The molecule has 0 aromatic heterocycles. The van der Waals surface area contributed by atoms with Gasteiger partial charge in [-0.25, -0.2) is 0 Å². The number of rotatable bonds is 5. The molecule has 2 aromatic rings. The van der Waals surface area contributed by atoms with Gasteiger partial charge >= 0.3 is 0 Å². The molecule has 2 aromatic carbocycles. The third kappa shape index (κ3) is 4.16. The Labute approximate surface area is 144 Å². The van der Waals surface area contributed by atoms with Crippen LogP contribution in [-0.4, -0.2) is 22.3 Å². The van der Waals surface area contributed by atoms with Crippen molar-refractivity contribution in [2.45, 2.75) is 56.7 Å². The summed E-state index contributed by atoms with van der Waals surface area (Å²) < 4.78 is 0. The van der Waals surface area contributed by atoms with E-state index in [2.05, 4.69) is 35.6 Å². The zero-order chi connectivity index (χ0) is 16.9. The molecule has 3 nitrogen and oxygen atoms in total. The molecule has 128 valence electrons. The van der Waals surface area contributed by atoms with Gasteiger partial charge in [0.25, 0.3) is 0 Å². The van der Waals surface area contributed by atoms with E-state index < -0.39 is 6.10 Å². The van der Waals surface area contributed by atoms with Crippen LogP contribution in [0.5, 0.6) is 5.75 Å². The second-order valence-electron chi connectivity index (χ2n) is 6.95. The number of phenolic OH excluding ortho intramolecular Hbond substituents is 1. The summed E-state index contributed by atoms with van der Waals surface area (Å²) in [6.07, 6.45) is 4.13. The molecule has 1 aliphatic rings. The van der Waals surface area contributed by atoms with Gasteiger partial charge < -0.3 is 15.5 Å². The van der Waals surface area contributed by atoms with Crippen LogP contribution in [0.15, 0.2) is 54.6 Å². The smallest absolute Gasteiger partial charge is 0.115 e. The first-order chi connectivity index (χ1) is 11.6. The molecule has 0 spiro atoms. The molecule has 0 radical (unpaired) electrons. The van der Waals surface area contributed by atoms with Crippen molar-refractivity contribution in [3.63, 3.8) is 0 Å². The van der Waals surface area contributed by atoms with Gasteiger partial charge in [0.2, 0.25) is 0 Å². The molecule has 0 unspecified atom stereocenters. The van der Waals surface area contributed by atoms with Crippen LogP contribution in [0.1, 0.15) is 55.8 Å². The quantitative estimate of drug-likeness (QED) is 0.775. The first-order valence-electron chi connectivity index (χ1n) is 8.91. The van der Waals surface area contributed by atoms with E-state index in [1.165, 1.54) is 18.4 Å². The van der Waals surface area contributed by atoms with Gasteiger partial charge in [0.15, 0.2) is 0 Å². The fourth-order valence-corrected chi connectivity index (χ4v) is 3.74. The molecule has 24 heavy (non-hydrogen) atoms. The van der Waals surface area contributed by atoms with Crippen LogP contribution in [0.25, 0.3) is 0 Å². The summed E-state index contributed by atoms with van der Waals surface area (Å²) >= 11 is 0. The lowest BCUT2D eigenvalue weighted by Crippen LogP contribution is -2.41. The predicted molar refractivity (Wildman–Crippen MR) is 97.1 cm³/mol. The molecule has 3 rings (SSSR count). The van der Waals surface area contributed by atoms with Gasteiger partial charge in [-0.3, -0.25) is 0 Å². The second-order valence-corrected chi connectivity index (χ2v) is 6.95. The standard InChI is InChI=1S/C21H27NO2/c1-15(21(24)18-9-13-20(23)14-10-18)22-19-11-7-17(8-12-19)16-5-3-2-4-6-16/h2-6,9-10,13-15,17,19,21-24H,7-8,11-12H2,1H3/t15-,17-,19-,21+/m0/s1. The lowest BCUT2D eigenvalue weighted by Gasteiger charge is -2.33. The van der Waals surface area contributed by atoms with Crippen molar-refractivity contribution in [1.29, 1.82) is 0 Å². The van der Waals surface area contributed by atoms with Crippen LogP contribution in [0.2, 0.25) is 0 Å². The molecule has 0 amide bonds. The number of hydrogen-bond donors (Lipinski definition) is 3. The summed E-state index contributed by atoms with van der Waals surface area (Å²) in [7, 11) is 0. The average Bonchev–Trinajstić information content (AvgIpc) is 2.63. The van der Waals surface area contributed by atoms with E-state index in [1.54, 1.807) is 24.3 Å². The monoisotopic (exact) mass is 325 g/mol. The van der Waals surface area contributed by atoms with Crippen molar-refractivity contribution in [1.82, 2.24) is 5.32 Å². The van der Waals surface area contributed by atoms with E-state index >= 15 is 0 Å². The largest absolute Gasteiger partial charge is 0.508 e. The maximum Gasteiger partial charge on any atom is 0.115 e. The number of nitrogens with one attached hydrogen (secondary N) is 1.